The van der Waals surface area contributed by atoms with Crippen LogP contribution in [0.1, 0.15) is 17.5 Å². The SMILES string of the molecule is Cc1cc(Br)ccc1NC(=O)[C@H](Cc1ccccc1)N1C(=O)[C@@H]2[C@@H]3C=C[C@H]([C@H]4C[C@H]34)[C@@H]2C1=O. The number of carbonyl (C=O) groups is 3. The number of carbonyl (C=O) groups excluding carboxylic acids is 3. The van der Waals surface area contributed by atoms with E-state index in [1.54, 1.807) is 0 Å². The van der Waals surface area contributed by atoms with Gasteiger partial charge in [0, 0.05) is 16.6 Å². The van der Waals surface area contributed by atoms with Gasteiger partial charge in [-0.1, -0.05) is 58.4 Å². The molecule has 2 bridgehead atoms. The molecule has 3 fully saturated rings. The van der Waals surface area contributed by atoms with Gasteiger partial charge in [0.05, 0.1) is 11.8 Å². The number of allylic oxidation sites excluding steroid dienone is 2. The molecule has 33 heavy (non-hydrogen) atoms. The lowest BCUT2D eigenvalue weighted by atomic mass is 9.63. The minimum atomic E-state index is -0.878. The molecule has 4 aliphatic carbocycles. The largest absolute Gasteiger partial charge is 0.324 e. The number of hydrogen-bond acceptors (Lipinski definition) is 3. The number of likely N-dealkylation sites (tertiary alicyclic amines) is 1. The van der Waals surface area contributed by atoms with Crippen molar-refractivity contribution >= 4 is 39.3 Å². The van der Waals surface area contributed by atoms with Crippen LogP contribution >= 0.6 is 15.9 Å². The number of hydrogen-bond donors (Lipinski definition) is 1. The molecule has 1 N–H and O–H groups in total. The van der Waals surface area contributed by atoms with Crippen LogP contribution in [0.2, 0.25) is 0 Å². The molecule has 168 valence electrons. The molecule has 7 atom stereocenters. The molecule has 5 aliphatic rings. The van der Waals surface area contributed by atoms with Gasteiger partial charge in [-0.3, -0.25) is 19.3 Å². The molecule has 2 aromatic rings. The van der Waals surface area contributed by atoms with Crippen molar-refractivity contribution < 1.29 is 14.4 Å². The first-order chi connectivity index (χ1) is 15.9. The van der Waals surface area contributed by atoms with E-state index in [2.05, 4.69) is 33.4 Å². The molecule has 7 rings (SSSR count). The Morgan fingerprint density at radius 2 is 1.67 bits per heavy atom. The van der Waals surface area contributed by atoms with Crippen LogP contribution in [0, 0.1) is 42.4 Å². The maximum atomic E-state index is 13.7. The van der Waals surface area contributed by atoms with Crippen LogP contribution < -0.4 is 5.32 Å². The predicted molar refractivity (Wildman–Crippen MR) is 128 cm³/mol. The number of amides is 3. The third-order valence-electron chi connectivity index (χ3n) is 8.03. The van der Waals surface area contributed by atoms with Crippen molar-refractivity contribution in [1.82, 2.24) is 4.90 Å². The summed E-state index contributed by atoms with van der Waals surface area (Å²) in [6, 6.07) is 14.4. The highest BCUT2D eigenvalue weighted by atomic mass is 79.9. The van der Waals surface area contributed by atoms with Crippen molar-refractivity contribution in [2.75, 3.05) is 5.32 Å². The summed E-state index contributed by atoms with van der Waals surface area (Å²) < 4.78 is 0.925. The maximum Gasteiger partial charge on any atom is 0.248 e. The van der Waals surface area contributed by atoms with E-state index in [4.69, 9.17) is 0 Å². The van der Waals surface area contributed by atoms with E-state index in [9.17, 15) is 14.4 Å². The zero-order valence-corrected chi connectivity index (χ0v) is 19.9. The highest BCUT2D eigenvalue weighted by Crippen LogP contribution is 2.65. The topological polar surface area (TPSA) is 66.5 Å². The van der Waals surface area contributed by atoms with Crippen molar-refractivity contribution in [2.24, 2.45) is 35.5 Å². The summed E-state index contributed by atoms with van der Waals surface area (Å²) in [7, 11) is 0. The van der Waals surface area contributed by atoms with Crippen molar-refractivity contribution in [2.45, 2.75) is 25.8 Å². The Kier molecular flexibility index (Phi) is 4.84. The second-order valence-electron chi connectivity index (χ2n) is 9.86. The van der Waals surface area contributed by atoms with Crippen LogP contribution in [0.3, 0.4) is 0 Å². The molecule has 1 aliphatic heterocycles. The molecule has 3 amide bonds. The second-order valence-corrected chi connectivity index (χ2v) is 10.8. The van der Waals surface area contributed by atoms with E-state index in [0.717, 1.165) is 22.0 Å². The number of benzene rings is 2. The van der Waals surface area contributed by atoms with Crippen molar-refractivity contribution in [3.05, 3.63) is 76.3 Å². The first-order valence-electron chi connectivity index (χ1n) is 11.6. The van der Waals surface area contributed by atoms with E-state index in [0.29, 0.717) is 23.9 Å². The molecular formula is C27H25BrN2O3. The van der Waals surface area contributed by atoms with Gasteiger partial charge in [-0.25, -0.2) is 0 Å². The van der Waals surface area contributed by atoms with Crippen LogP contribution in [0.25, 0.3) is 0 Å². The van der Waals surface area contributed by atoms with Crippen LogP contribution in [0.4, 0.5) is 5.69 Å². The van der Waals surface area contributed by atoms with Gasteiger partial charge in [0.25, 0.3) is 0 Å². The Labute approximate surface area is 201 Å². The van der Waals surface area contributed by atoms with Crippen molar-refractivity contribution in [3.63, 3.8) is 0 Å². The number of nitrogens with zero attached hydrogens (tertiary/aromatic N) is 1. The summed E-state index contributed by atoms with van der Waals surface area (Å²) in [4.78, 5) is 42.3. The molecule has 0 radical (unpaired) electrons. The van der Waals surface area contributed by atoms with Crippen LogP contribution in [-0.4, -0.2) is 28.7 Å². The predicted octanol–water partition coefficient (Wildman–Crippen LogP) is 4.36. The lowest BCUT2D eigenvalue weighted by Gasteiger charge is -2.37. The number of rotatable bonds is 5. The Hall–Kier alpha value is -2.73. The summed E-state index contributed by atoms with van der Waals surface area (Å²) >= 11 is 3.45. The quantitative estimate of drug-likeness (QED) is 0.485. The maximum absolute atomic E-state index is 13.7. The highest BCUT2D eigenvalue weighted by Gasteiger charge is 2.67. The molecule has 0 unspecified atom stereocenters. The third-order valence-corrected chi connectivity index (χ3v) is 8.52. The molecular weight excluding hydrogens is 480 g/mol. The van der Waals surface area contributed by atoms with E-state index in [1.165, 1.54) is 4.90 Å². The Bertz CT molecular complexity index is 1160. The van der Waals surface area contributed by atoms with Gasteiger partial charge in [0.2, 0.25) is 17.7 Å². The number of aryl methyl sites for hydroxylation is 1. The fourth-order valence-electron chi connectivity index (χ4n) is 6.41. The van der Waals surface area contributed by atoms with Crippen molar-refractivity contribution in [1.29, 1.82) is 0 Å². The summed E-state index contributed by atoms with van der Waals surface area (Å²) in [6.45, 7) is 1.92. The van der Waals surface area contributed by atoms with E-state index >= 15 is 0 Å². The average Bonchev–Trinajstić information content (AvgIpc) is 3.59. The first kappa shape index (κ1) is 20.8. The standard InChI is InChI=1S/C27H25BrN2O3/c1-14-11-16(28)7-10-21(14)29-25(31)22(12-15-5-3-2-4-6-15)30-26(32)23-17-8-9-18(20-13-19(17)20)24(23)27(30)33/h2-11,17-20,22-24H,12-13H2,1H3,(H,29,31)/t17-,18-,19-,20-,22+,23-,24+/m1/s1. The third kappa shape index (κ3) is 3.30. The van der Waals surface area contributed by atoms with Gasteiger partial charge in [0.1, 0.15) is 6.04 Å². The number of nitrogens with one attached hydrogen (secondary N) is 1. The van der Waals surface area contributed by atoms with E-state index in [-0.39, 0.29) is 41.4 Å². The van der Waals surface area contributed by atoms with Gasteiger partial charge >= 0.3 is 0 Å². The number of anilines is 1. The van der Waals surface area contributed by atoms with Crippen LogP contribution in [0.15, 0.2) is 65.2 Å². The minimum Gasteiger partial charge on any atom is -0.324 e. The summed E-state index contributed by atoms with van der Waals surface area (Å²) in [5.41, 5.74) is 2.51. The van der Waals surface area contributed by atoms with E-state index < -0.39 is 6.04 Å². The van der Waals surface area contributed by atoms with E-state index in [1.807, 2.05) is 55.5 Å². The number of imide groups is 1. The summed E-state index contributed by atoms with van der Waals surface area (Å²) in [6.07, 6.45) is 5.74. The van der Waals surface area contributed by atoms with Crippen LogP contribution in [-0.2, 0) is 20.8 Å². The van der Waals surface area contributed by atoms with Gasteiger partial charge in [-0.2, -0.15) is 0 Å². The highest BCUT2D eigenvalue weighted by molar-refractivity contribution is 9.10. The molecule has 6 heteroatoms. The monoisotopic (exact) mass is 504 g/mol. The molecule has 0 spiro atoms. The Morgan fingerprint density at radius 3 is 2.27 bits per heavy atom. The fraction of sp³-hybridized carbons (Fsp3) is 0.370. The second kappa shape index (κ2) is 7.66. The smallest absolute Gasteiger partial charge is 0.248 e. The number of halogens is 1. The van der Waals surface area contributed by atoms with Crippen molar-refractivity contribution in [3.8, 4) is 0 Å². The van der Waals surface area contributed by atoms with Crippen LogP contribution in [0.5, 0.6) is 0 Å². The average molecular weight is 505 g/mol. The zero-order valence-electron chi connectivity index (χ0n) is 18.3. The molecule has 2 aromatic carbocycles. The minimum absolute atomic E-state index is 0.139. The lowest BCUT2D eigenvalue weighted by Crippen LogP contribution is -2.49. The molecule has 2 saturated carbocycles. The normalized spacial score (nSPS) is 31.9. The molecule has 0 aromatic heterocycles. The van der Waals surface area contributed by atoms with Gasteiger partial charge < -0.3 is 5.32 Å². The zero-order chi connectivity index (χ0) is 22.9. The van der Waals surface area contributed by atoms with Gasteiger partial charge in [-0.15, -0.1) is 0 Å². The van der Waals surface area contributed by atoms with Gasteiger partial charge in [0.15, 0.2) is 0 Å². The first-order valence-corrected chi connectivity index (χ1v) is 12.4. The fourth-order valence-corrected chi connectivity index (χ4v) is 6.88. The lowest BCUT2D eigenvalue weighted by molar-refractivity contribution is -0.146. The Balaban J connectivity index is 1.34. The Morgan fingerprint density at radius 1 is 1.03 bits per heavy atom. The summed E-state index contributed by atoms with van der Waals surface area (Å²) in [5, 5.41) is 2.99. The van der Waals surface area contributed by atoms with Gasteiger partial charge in [-0.05, 0) is 66.3 Å². The molecule has 1 heterocycles. The molecule has 1 saturated heterocycles. The molecule has 5 nitrogen and oxygen atoms in total. The summed E-state index contributed by atoms with van der Waals surface area (Å²) in [5.74, 6) is 0.0657.